The number of aryl methyl sites for hydroxylation is 1. The fourth-order valence-electron chi connectivity index (χ4n) is 2.89. The van der Waals surface area contributed by atoms with E-state index in [-0.39, 0.29) is 12.1 Å². The van der Waals surface area contributed by atoms with Gasteiger partial charge in [-0.15, -0.1) is 0 Å². The van der Waals surface area contributed by atoms with Crippen molar-refractivity contribution in [2.75, 3.05) is 0 Å². The van der Waals surface area contributed by atoms with Crippen molar-refractivity contribution in [3.63, 3.8) is 0 Å². The first-order chi connectivity index (χ1) is 11.3. The molecule has 1 aliphatic rings. The molecule has 3 aromatic rings. The Kier molecular flexibility index (Phi) is 3.42. The number of aliphatic imine (C=N–C) groups is 1. The maximum Gasteiger partial charge on any atom is 0.236 e. The van der Waals surface area contributed by atoms with Crippen LogP contribution in [-0.4, -0.2) is 15.4 Å². The van der Waals surface area contributed by atoms with Crippen molar-refractivity contribution in [2.24, 2.45) is 12.0 Å². The number of hydrogen-bond donors (Lipinski definition) is 0. The molecular weight excluding hydrogens is 286 g/mol. The maximum atomic E-state index is 6.23. The summed E-state index contributed by atoms with van der Waals surface area (Å²) in [6, 6.07) is 20.5. The molecule has 1 aliphatic heterocycles. The van der Waals surface area contributed by atoms with E-state index < -0.39 is 0 Å². The number of hydrogen-bond acceptors (Lipinski definition) is 3. The minimum absolute atomic E-state index is 0.0523. The number of imidazole rings is 1. The van der Waals surface area contributed by atoms with E-state index in [1.54, 1.807) is 12.5 Å². The minimum Gasteiger partial charge on any atom is -0.465 e. The largest absolute Gasteiger partial charge is 0.465 e. The zero-order valence-corrected chi connectivity index (χ0v) is 12.8. The van der Waals surface area contributed by atoms with Crippen LogP contribution in [0.2, 0.25) is 0 Å². The first-order valence-corrected chi connectivity index (χ1v) is 7.64. The van der Waals surface area contributed by atoms with Gasteiger partial charge < -0.3 is 9.30 Å². The van der Waals surface area contributed by atoms with Crippen LogP contribution in [-0.2, 0) is 11.8 Å². The van der Waals surface area contributed by atoms with Gasteiger partial charge in [-0.2, -0.15) is 0 Å². The normalized spacial score (nSPS) is 20.1. The third kappa shape index (κ3) is 2.52. The molecule has 0 aliphatic carbocycles. The van der Waals surface area contributed by atoms with Crippen LogP contribution in [0.4, 0.5) is 0 Å². The topological polar surface area (TPSA) is 39.4 Å². The molecule has 2 unspecified atom stereocenters. The highest BCUT2D eigenvalue weighted by atomic mass is 16.5. The fourth-order valence-corrected chi connectivity index (χ4v) is 2.89. The first-order valence-electron chi connectivity index (χ1n) is 7.64. The molecular formula is C19H17N3O. The summed E-state index contributed by atoms with van der Waals surface area (Å²) >= 11 is 0. The molecule has 0 saturated carbocycles. The van der Waals surface area contributed by atoms with Gasteiger partial charge in [0, 0.05) is 7.05 Å². The molecule has 0 saturated heterocycles. The Morgan fingerprint density at radius 2 is 1.57 bits per heavy atom. The molecule has 4 rings (SSSR count). The molecule has 2 aromatic carbocycles. The average Bonchev–Trinajstić information content (AvgIpc) is 3.22. The number of rotatable bonds is 3. The third-order valence-electron chi connectivity index (χ3n) is 4.09. The SMILES string of the molecule is Cn1cncc1C1=NC(c2ccccc2)C(c2ccccc2)O1. The Morgan fingerprint density at radius 3 is 2.17 bits per heavy atom. The van der Waals surface area contributed by atoms with Gasteiger partial charge in [-0.1, -0.05) is 60.7 Å². The number of benzene rings is 2. The average molecular weight is 303 g/mol. The predicted octanol–water partition coefficient (Wildman–Crippen LogP) is 3.68. The van der Waals surface area contributed by atoms with Gasteiger partial charge >= 0.3 is 0 Å². The molecule has 4 nitrogen and oxygen atoms in total. The molecule has 2 heterocycles. The van der Waals surface area contributed by atoms with Crippen molar-refractivity contribution in [1.29, 1.82) is 0 Å². The van der Waals surface area contributed by atoms with Crippen molar-refractivity contribution < 1.29 is 4.74 Å². The van der Waals surface area contributed by atoms with Crippen LogP contribution < -0.4 is 0 Å². The number of ether oxygens (including phenoxy) is 1. The smallest absolute Gasteiger partial charge is 0.236 e. The standard InChI is InChI=1S/C19H17N3O/c1-22-13-20-12-16(22)19-21-17(14-8-4-2-5-9-14)18(23-19)15-10-6-3-7-11-15/h2-13,17-18H,1H3. The molecule has 1 aromatic heterocycles. The van der Waals surface area contributed by atoms with Gasteiger partial charge in [-0.05, 0) is 11.1 Å². The lowest BCUT2D eigenvalue weighted by Crippen LogP contribution is -2.10. The van der Waals surface area contributed by atoms with Gasteiger partial charge in [0.2, 0.25) is 5.90 Å². The van der Waals surface area contributed by atoms with Gasteiger partial charge in [-0.25, -0.2) is 9.98 Å². The van der Waals surface area contributed by atoms with Crippen molar-refractivity contribution >= 4 is 5.90 Å². The molecule has 0 N–H and O–H groups in total. The third-order valence-corrected chi connectivity index (χ3v) is 4.09. The van der Waals surface area contributed by atoms with E-state index in [0.717, 1.165) is 16.8 Å². The van der Waals surface area contributed by atoms with Crippen molar-refractivity contribution in [3.05, 3.63) is 90.0 Å². The summed E-state index contributed by atoms with van der Waals surface area (Å²) in [4.78, 5) is 9.02. The lowest BCUT2D eigenvalue weighted by molar-refractivity contribution is 0.196. The van der Waals surface area contributed by atoms with Crippen LogP contribution in [0.25, 0.3) is 0 Å². The van der Waals surface area contributed by atoms with E-state index >= 15 is 0 Å². The summed E-state index contributed by atoms with van der Waals surface area (Å²) in [7, 11) is 1.95. The van der Waals surface area contributed by atoms with Crippen molar-refractivity contribution in [3.8, 4) is 0 Å². The zero-order chi connectivity index (χ0) is 15.6. The van der Waals surface area contributed by atoms with Crippen LogP contribution in [0.3, 0.4) is 0 Å². The molecule has 23 heavy (non-hydrogen) atoms. The van der Waals surface area contributed by atoms with Crippen LogP contribution in [0, 0.1) is 0 Å². The monoisotopic (exact) mass is 303 g/mol. The Labute approximate surface area is 135 Å². The quantitative estimate of drug-likeness (QED) is 0.740. The highest BCUT2D eigenvalue weighted by Gasteiger charge is 2.34. The highest BCUT2D eigenvalue weighted by Crippen LogP contribution is 2.40. The molecule has 2 atom stereocenters. The van der Waals surface area contributed by atoms with E-state index in [9.17, 15) is 0 Å². The molecule has 0 fully saturated rings. The first kappa shape index (κ1) is 13.8. The second-order valence-electron chi connectivity index (χ2n) is 5.63. The Balaban J connectivity index is 1.77. The summed E-state index contributed by atoms with van der Waals surface area (Å²) in [5.41, 5.74) is 3.17. The van der Waals surface area contributed by atoms with Crippen molar-refractivity contribution in [2.45, 2.75) is 12.1 Å². The molecule has 0 amide bonds. The van der Waals surface area contributed by atoms with E-state index in [4.69, 9.17) is 9.73 Å². The summed E-state index contributed by atoms with van der Waals surface area (Å²) in [6.45, 7) is 0. The van der Waals surface area contributed by atoms with E-state index in [0.29, 0.717) is 5.90 Å². The number of aromatic nitrogens is 2. The lowest BCUT2D eigenvalue weighted by Gasteiger charge is -2.18. The van der Waals surface area contributed by atoms with E-state index in [1.807, 2.05) is 48.0 Å². The van der Waals surface area contributed by atoms with Gasteiger partial charge in [0.15, 0.2) is 6.10 Å². The molecule has 0 spiro atoms. The fraction of sp³-hybridized carbons (Fsp3) is 0.158. The summed E-state index contributed by atoms with van der Waals surface area (Å²) in [6.07, 6.45) is 3.42. The Hall–Kier alpha value is -2.88. The van der Waals surface area contributed by atoms with Gasteiger partial charge in [0.25, 0.3) is 0 Å². The summed E-state index contributed by atoms with van der Waals surface area (Å²) < 4.78 is 8.15. The molecule has 4 heteroatoms. The second kappa shape index (κ2) is 5.72. The van der Waals surface area contributed by atoms with E-state index in [1.165, 1.54) is 0 Å². The second-order valence-corrected chi connectivity index (χ2v) is 5.63. The lowest BCUT2D eigenvalue weighted by atomic mass is 9.97. The summed E-state index contributed by atoms with van der Waals surface area (Å²) in [5, 5.41) is 0. The van der Waals surface area contributed by atoms with Gasteiger partial charge in [0.05, 0.1) is 12.5 Å². The zero-order valence-electron chi connectivity index (χ0n) is 12.8. The maximum absolute atomic E-state index is 6.23. The van der Waals surface area contributed by atoms with Crippen LogP contribution in [0.15, 0.2) is 78.2 Å². The molecule has 0 bridgehead atoms. The van der Waals surface area contributed by atoms with Crippen LogP contribution in [0.5, 0.6) is 0 Å². The van der Waals surface area contributed by atoms with Crippen LogP contribution in [0.1, 0.15) is 29.0 Å². The predicted molar refractivity (Wildman–Crippen MR) is 89.2 cm³/mol. The molecule has 0 radical (unpaired) electrons. The van der Waals surface area contributed by atoms with Gasteiger partial charge in [-0.3, -0.25) is 0 Å². The summed E-state index contributed by atoms with van der Waals surface area (Å²) in [5.74, 6) is 0.646. The minimum atomic E-state index is -0.122. The molecule has 114 valence electrons. The van der Waals surface area contributed by atoms with E-state index in [2.05, 4.69) is 29.2 Å². The Bertz CT molecular complexity index is 824. The number of nitrogens with zero attached hydrogens (tertiary/aromatic N) is 3. The van der Waals surface area contributed by atoms with Crippen LogP contribution >= 0.6 is 0 Å². The highest BCUT2D eigenvalue weighted by molar-refractivity contribution is 5.93. The van der Waals surface area contributed by atoms with Gasteiger partial charge in [0.1, 0.15) is 11.7 Å². The Morgan fingerprint density at radius 1 is 0.913 bits per heavy atom. The van der Waals surface area contributed by atoms with Crippen molar-refractivity contribution in [1.82, 2.24) is 9.55 Å².